The zero-order valence-electron chi connectivity index (χ0n) is 17.2. The number of halogens is 1. The summed E-state index contributed by atoms with van der Waals surface area (Å²) >= 11 is 6.24. The maximum absolute atomic E-state index is 6.24. The molecule has 1 aliphatic heterocycles. The molecule has 0 unspecified atom stereocenters. The first kappa shape index (κ1) is 20.4. The number of anilines is 1. The van der Waals surface area contributed by atoms with Crippen LogP contribution in [0.4, 0.5) is 5.82 Å². The molecule has 156 valence electrons. The van der Waals surface area contributed by atoms with E-state index in [1.165, 1.54) is 11.9 Å². The molecule has 0 aliphatic carbocycles. The van der Waals surface area contributed by atoms with Crippen molar-refractivity contribution in [3.05, 3.63) is 71.0 Å². The number of piperazine rings is 1. The highest BCUT2D eigenvalue weighted by molar-refractivity contribution is 6.32. The van der Waals surface area contributed by atoms with Crippen molar-refractivity contribution in [1.29, 1.82) is 0 Å². The number of hydrogen-bond donors (Lipinski definition) is 0. The Bertz CT molecular complexity index is 989. The molecule has 1 fully saturated rings. The lowest BCUT2D eigenvalue weighted by atomic mass is 10.2. The van der Waals surface area contributed by atoms with Gasteiger partial charge in [0, 0.05) is 38.8 Å². The normalized spacial score (nSPS) is 14.6. The van der Waals surface area contributed by atoms with Crippen LogP contribution in [0.1, 0.15) is 11.1 Å². The number of rotatable bonds is 6. The van der Waals surface area contributed by atoms with Crippen molar-refractivity contribution >= 4 is 17.4 Å². The Hall–Kier alpha value is -2.83. The Balaban J connectivity index is 1.36. The molecule has 4 rings (SSSR count). The summed E-state index contributed by atoms with van der Waals surface area (Å²) in [6.07, 6.45) is 1.54. The predicted molar refractivity (Wildman–Crippen MR) is 119 cm³/mol. The molecule has 0 amide bonds. The average molecular weight is 425 g/mol. The van der Waals surface area contributed by atoms with Crippen LogP contribution in [0.5, 0.6) is 17.4 Å². The lowest BCUT2D eigenvalue weighted by molar-refractivity contribution is 0.249. The van der Waals surface area contributed by atoms with Crippen molar-refractivity contribution in [3.63, 3.8) is 0 Å². The zero-order valence-corrected chi connectivity index (χ0v) is 18.0. The number of nitrogens with zero attached hydrogens (tertiary/aromatic N) is 4. The summed E-state index contributed by atoms with van der Waals surface area (Å²) in [5.74, 6) is 2.85. The molecule has 0 saturated carbocycles. The summed E-state index contributed by atoms with van der Waals surface area (Å²) in [5.41, 5.74) is 2.37. The minimum absolute atomic E-state index is 0.494. The molecule has 7 heteroatoms. The molecule has 0 atom stereocenters. The van der Waals surface area contributed by atoms with Crippen LogP contribution >= 0.6 is 11.6 Å². The lowest BCUT2D eigenvalue weighted by Gasteiger charge is -2.35. The summed E-state index contributed by atoms with van der Waals surface area (Å²) in [7, 11) is 1.69. The fraction of sp³-hybridized carbons (Fsp3) is 0.304. The van der Waals surface area contributed by atoms with Gasteiger partial charge in [0.1, 0.15) is 23.6 Å². The van der Waals surface area contributed by atoms with Crippen molar-refractivity contribution in [2.75, 3.05) is 38.2 Å². The van der Waals surface area contributed by atoms with Gasteiger partial charge in [0.2, 0.25) is 5.88 Å². The fourth-order valence-electron chi connectivity index (χ4n) is 3.48. The number of aromatic nitrogens is 2. The van der Waals surface area contributed by atoms with Gasteiger partial charge in [-0.15, -0.1) is 0 Å². The number of aryl methyl sites for hydroxylation is 1. The highest BCUT2D eigenvalue weighted by Gasteiger charge is 2.19. The minimum atomic E-state index is 0.494. The van der Waals surface area contributed by atoms with Gasteiger partial charge in [-0.2, -0.15) is 0 Å². The largest absolute Gasteiger partial charge is 0.497 e. The van der Waals surface area contributed by atoms with E-state index in [2.05, 4.69) is 31.9 Å². The van der Waals surface area contributed by atoms with Gasteiger partial charge in [0.25, 0.3) is 0 Å². The van der Waals surface area contributed by atoms with Crippen LogP contribution in [0.15, 0.2) is 54.9 Å². The molecule has 1 aromatic heterocycles. The second kappa shape index (κ2) is 9.32. The average Bonchev–Trinajstić information content (AvgIpc) is 2.77. The van der Waals surface area contributed by atoms with E-state index in [9.17, 15) is 0 Å². The van der Waals surface area contributed by atoms with Gasteiger partial charge in [-0.3, -0.25) is 4.90 Å². The number of ether oxygens (including phenoxy) is 2. The Morgan fingerprint density at radius 3 is 2.47 bits per heavy atom. The van der Waals surface area contributed by atoms with Gasteiger partial charge in [0.05, 0.1) is 12.1 Å². The first-order valence-electron chi connectivity index (χ1n) is 9.97. The molecular weight excluding hydrogens is 400 g/mol. The summed E-state index contributed by atoms with van der Waals surface area (Å²) in [6, 6.07) is 15.8. The molecule has 2 heterocycles. The van der Waals surface area contributed by atoms with Crippen LogP contribution in [-0.4, -0.2) is 48.2 Å². The van der Waals surface area contributed by atoms with E-state index < -0.39 is 0 Å². The van der Waals surface area contributed by atoms with Gasteiger partial charge in [-0.1, -0.05) is 29.8 Å². The second-order valence-corrected chi connectivity index (χ2v) is 7.77. The third kappa shape index (κ3) is 5.01. The highest BCUT2D eigenvalue weighted by Crippen LogP contribution is 2.30. The Morgan fingerprint density at radius 1 is 0.967 bits per heavy atom. The van der Waals surface area contributed by atoms with E-state index in [1.807, 2.05) is 43.3 Å². The molecule has 1 aliphatic rings. The molecule has 0 bridgehead atoms. The van der Waals surface area contributed by atoms with Gasteiger partial charge in [0.15, 0.2) is 0 Å². The molecule has 0 radical (unpaired) electrons. The van der Waals surface area contributed by atoms with E-state index in [0.717, 1.165) is 49.9 Å². The summed E-state index contributed by atoms with van der Waals surface area (Å²) < 4.78 is 11.1. The Morgan fingerprint density at radius 2 is 1.73 bits per heavy atom. The molecule has 2 aromatic carbocycles. The molecular formula is C23H25ClN4O2. The molecule has 0 N–H and O–H groups in total. The quantitative estimate of drug-likeness (QED) is 0.578. The first-order valence-corrected chi connectivity index (χ1v) is 10.3. The predicted octanol–water partition coefficient (Wildman–Crippen LogP) is 4.56. The lowest BCUT2D eigenvalue weighted by Crippen LogP contribution is -2.46. The van der Waals surface area contributed by atoms with Gasteiger partial charge < -0.3 is 14.4 Å². The smallest absolute Gasteiger partial charge is 0.224 e. The van der Waals surface area contributed by atoms with Crippen LogP contribution in [-0.2, 0) is 6.54 Å². The van der Waals surface area contributed by atoms with Crippen molar-refractivity contribution in [2.24, 2.45) is 0 Å². The molecule has 3 aromatic rings. The standard InChI is InChI=1S/C23H25ClN4O2/c1-17-3-8-20(24)21(13-17)30-23-14-22(25-16-26-23)28-11-9-27(10-12-28)15-18-4-6-19(29-2)7-5-18/h3-8,13-14,16H,9-12,15H2,1-2H3. The molecule has 1 saturated heterocycles. The highest BCUT2D eigenvalue weighted by atomic mass is 35.5. The van der Waals surface area contributed by atoms with Crippen LogP contribution in [0.25, 0.3) is 0 Å². The number of benzene rings is 2. The molecule has 6 nitrogen and oxygen atoms in total. The monoisotopic (exact) mass is 424 g/mol. The van der Waals surface area contributed by atoms with E-state index in [0.29, 0.717) is 16.7 Å². The van der Waals surface area contributed by atoms with Crippen LogP contribution in [0.2, 0.25) is 5.02 Å². The van der Waals surface area contributed by atoms with Gasteiger partial charge in [-0.05, 0) is 42.3 Å². The summed E-state index contributed by atoms with van der Waals surface area (Å²) in [5, 5.41) is 0.563. The van der Waals surface area contributed by atoms with Crippen LogP contribution < -0.4 is 14.4 Å². The Labute approximate surface area is 182 Å². The third-order valence-electron chi connectivity index (χ3n) is 5.19. The molecule has 30 heavy (non-hydrogen) atoms. The molecule has 0 spiro atoms. The van der Waals surface area contributed by atoms with Crippen molar-refractivity contribution in [3.8, 4) is 17.4 Å². The third-order valence-corrected chi connectivity index (χ3v) is 5.50. The van der Waals surface area contributed by atoms with Crippen molar-refractivity contribution in [2.45, 2.75) is 13.5 Å². The van der Waals surface area contributed by atoms with E-state index in [-0.39, 0.29) is 0 Å². The van der Waals surface area contributed by atoms with Gasteiger partial charge >= 0.3 is 0 Å². The number of hydrogen-bond acceptors (Lipinski definition) is 6. The topological polar surface area (TPSA) is 50.7 Å². The van der Waals surface area contributed by atoms with Crippen molar-refractivity contribution in [1.82, 2.24) is 14.9 Å². The summed E-state index contributed by atoms with van der Waals surface area (Å²) in [4.78, 5) is 13.4. The zero-order chi connectivity index (χ0) is 20.9. The fourth-order valence-corrected chi connectivity index (χ4v) is 3.64. The minimum Gasteiger partial charge on any atom is -0.497 e. The van der Waals surface area contributed by atoms with Gasteiger partial charge in [-0.25, -0.2) is 9.97 Å². The Kier molecular flexibility index (Phi) is 6.35. The van der Waals surface area contributed by atoms with Crippen molar-refractivity contribution < 1.29 is 9.47 Å². The summed E-state index contributed by atoms with van der Waals surface area (Å²) in [6.45, 7) is 6.67. The first-order chi connectivity index (χ1) is 14.6. The van der Waals surface area contributed by atoms with E-state index >= 15 is 0 Å². The maximum Gasteiger partial charge on any atom is 0.224 e. The second-order valence-electron chi connectivity index (χ2n) is 7.36. The SMILES string of the molecule is COc1ccc(CN2CCN(c3cc(Oc4cc(C)ccc4Cl)ncn3)CC2)cc1. The van der Waals surface area contributed by atoms with Crippen LogP contribution in [0, 0.1) is 6.92 Å². The van der Waals surface area contributed by atoms with E-state index in [4.69, 9.17) is 21.1 Å². The maximum atomic E-state index is 6.24. The van der Waals surface area contributed by atoms with Crippen LogP contribution in [0.3, 0.4) is 0 Å². The van der Waals surface area contributed by atoms with E-state index in [1.54, 1.807) is 7.11 Å². The number of methoxy groups -OCH3 is 1.